The molecule has 0 aliphatic carbocycles. The molecule has 1 heterocycles. The Balaban J connectivity index is 3.04. The van der Waals surface area contributed by atoms with Crippen molar-refractivity contribution < 1.29 is 0 Å². The first-order chi connectivity index (χ1) is 7.93. The van der Waals surface area contributed by atoms with Gasteiger partial charge < -0.3 is 10.6 Å². The van der Waals surface area contributed by atoms with Crippen molar-refractivity contribution in [3.8, 4) is 0 Å². The Hall–Kier alpha value is -1.16. The molecule has 4 nitrogen and oxygen atoms in total. The van der Waals surface area contributed by atoms with Crippen LogP contribution in [0.4, 0.5) is 5.95 Å². The van der Waals surface area contributed by atoms with Crippen molar-refractivity contribution in [2.45, 2.75) is 47.2 Å². The van der Waals surface area contributed by atoms with Crippen molar-refractivity contribution in [1.82, 2.24) is 9.97 Å². The second-order valence-corrected chi connectivity index (χ2v) is 5.14. The number of aryl methyl sites for hydroxylation is 1. The van der Waals surface area contributed by atoms with Crippen LogP contribution in [0.1, 0.15) is 39.1 Å². The second kappa shape index (κ2) is 5.96. The second-order valence-electron chi connectivity index (χ2n) is 5.14. The first-order valence-corrected chi connectivity index (χ1v) is 6.25. The summed E-state index contributed by atoms with van der Waals surface area (Å²) in [6.07, 6.45) is 0. The van der Waals surface area contributed by atoms with Crippen LogP contribution < -0.4 is 10.6 Å². The highest BCUT2D eigenvalue weighted by Gasteiger charge is 2.15. The lowest BCUT2D eigenvalue weighted by Gasteiger charge is -2.28. The monoisotopic (exact) mass is 236 g/mol. The van der Waals surface area contributed by atoms with Crippen LogP contribution in [0.5, 0.6) is 0 Å². The van der Waals surface area contributed by atoms with Crippen molar-refractivity contribution >= 4 is 5.95 Å². The zero-order valence-electron chi connectivity index (χ0n) is 11.6. The molecule has 0 bridgehead atoms. The molecule has 1 aromatic heterocycles. The summed E-state index contributed by atoms with van der Waals surface area (Å²) in [6.45, 7) is 12.1. The smallest absolute Gasteiger partial charge is 0.226 e. The summed E-state index contributed by atoms with van der Waals surface area (Å²) in [5, 5.41) is 0. The highest BCUT2D eigenvalue weighted by atomic mass is 15.3. The maximum atomic E-state index is 5.66. The molecule has 4 heteroatoms. The van der Waals surface area contributed by atoms with Crippen LogP contribution >= 0.6 is 0 Å². The van der Waals surface area contributed by atoms with Crippen LogP contribution in [0.15, 0.2) is 6.07 Å². The number of aromatic nitrogens is 2. The Kier molecular flexibility index (Phi) is 4.87. The molecule has 0 atom stereocenters. The molecule has 0 aliphatic heterocycles. The number of nitrogens with zero attached hydrogens (tertiary/aromatic N) is 3. The predicted octanol–water partition coefficient (Wildman–Crippen LogP) is 2.11. The fourth-order valence-electron chi connectivity index (χ4n) is 1.77. The van der Waals surface area contributed by atoms with Gasteiger partial charge in [-0.1, -0.05) is 13.8 Å². The first kappa shape index (κ1) is 13.9. The van der Waals surface area contributed by atoms with Crippen molar-refractivity contribution in [1.29, 1.82) is 0 Å². The largest absolute Gasteiger partial charge is 0.338 e. The van der Waals surface area contributed by atoms with Gasteiger partial charge in [0.2, 0.25) is 5.95 Å². The van der Waals surface area contributed by atoms with E-state index in [1.54, 1.807) is 0 Å². The summed E-state index contributed by atoms with van der Waals surface area (Å²) >= 11 is 0. The maximum absolute atomic E-state index is 5.66. The zero-order valence-corrected chi connectivity index (χ0v) is 11.6. The van der Waals surface area contributed by atoms with Crippen LogP contribution in [0.25, 0.3) is 0 Å². The Bertz CT molecular complexity index is 360. The fourth-order valence-corrected chi connectivity index (χ4v) is 1.77. The third-order valence-corrected chi connectivity index (χ3v) is 2.55. The van der Waals surface area contributed by atoms with E-state index in [9.17, 15) is 0 Å². The first-order valence-electron chi connectivity index (χ1n) is 6.25. The topological polar surface area (TPSA) is 55.0 Å². The van der Waals surface area contributed by atoms with E-state index in [2.05, 4.69) is 42.6 Å². The molecular weight excluding hydrogens is 212 g/mol. The lowest BCUT2D eigenvalue weighted by molar-refractivity contribution is 0.558. The van der Waals surface area contributed by atoms with E-state index < -0.39 is 0 Å². The van der Waals surface area contributed by atoms with Crippen LogP contribution in [0.2, 0.25) is 0 Å². The van der Waals surface area contributed by atoms with Gasteiger partial charge in [0.05, 0.1) is 5.69 Å². The van der Waals surface area contributed by atoms with E-state index in [1.165, 1.54) is 0 Å². The van der Waals surface area contributed by atoms with Crippen molar-refractivity contribution in [2.75, 3.05) is 11.4 Å². The minimum atomic E-state index is 0.393. The molecule has 0 saturated heterocycles. The average molecular weight is 236 g/mol. The normalized spacial score (nSPS) is 11.3. The van der Waals surface area contributed by atoms with Crippen molar-refractivity contribution in [3.05, 3.63) is 17.5 Å². The molecule has 0 amide bonds. The van der Waals surface area contributed by atoms with Gasteiger partial charge in [0, 0.05) is 24.8 Å². The quantitative estimate of drug-likeness (QED) is 0.850. The van der Waals surface area contributed by atoms with Gasteiger partial charge in [-0.25, -0.2) is 9.97 Å². The highest BCUT2D eigenvalue weighted by Crippen LogP contribution is 2.15. The Morgan fingerprint density at radius 2 is 1.88 bits per heavy atom. The van der Waals surface area contributed by atoms with Crippen LogP contribution in [0, 0.1) is 12.8 Å². The van der Waals surface area contributed by atoms with Crippen LogP contribution in [-0.2, 0) is 6.54 Å². The van der Waals surface area contributed by atoms with Crippen LogP contribution in [0.3, 0.4) is 0 Å². The third kappa shape index (κ3) is 3.97. The van der Waals surface area contributed by atoms with Gasteiger partial charge in [0.15, 0.2) is 0 Å². The minimum absolute atomic E-state index is 0.393. The molecule has 96 valence electrons. The zero-order chi connectivity index (χ0) is 13.0. The summed E-state index contributed by atoms with van der Waals surface area (Å²) in [5.74, 6) is 1.39. The fraction of sp³-hybridized carbons (Fsp3) is 0.692. The standard InChI is InChI=1S/C13H24N4/c1-9(2)8-17(10(3)4)13-15-11(5)6-12(7-14)16-13/h6,9-10H,7-8,14H2,1-5H3. The maximum Gasteiger partial charge on any atom is 0.226 e. The molecule has 0 unspecified atom stereocenters. The van der Waals surface area contributed by atoms with Gasteiger partial charge in [0.1, 0.15) is 0 Å². The molecule has 0 saturated carbocycles. The number of nitrogens with two attached hydrogens (primary N) is 1. The molecule has 2 N–H and O–H groups in total. The van der Waals surface area contributed by atoms with Gasteiger partial charge in [-0.05, 0) is 32.8 Å². The predicted molar refractivity (Wildman–Crippen MR) is 72.0 cm³/mol. The van der Waals surface area contributed by atoms with E-state index in [1.807, 2.05) is 13.0 Å². The van der Waals surface area contributed by atoms with Crippen LogP contribution in [-0.4, -0.2) is 22.6 Å². The van der Waals surface area contributed by atoms with E-state index in [-0.39, 0.29) is 0 Å². The molecule has 17 heavy (non-hydrogen) atoms. The summed E-state index contributed by atoms with van der Waals surface area (Å²) in [5.41, 5.74) is 7.54. The molecule has 0 aromatic carbocycles. The van der Waals surface area contributed by atoms with E-state index in [0.29, 0.717) is 18.5 Å². The van der Waals surface area contributed by atoms with Crippen molar-refractivity contribution in [3.63, 3.8) is 0 Å². The molecule has 0 radical (unpaired) electrons. The lowest BCUT2D eigenvalue weighted by atomic mass is 10.2. The average Bonchev–Trinajstić information content (AvgIpc) is 2.24. The molecule has 0 aliphatic rings. The number of hydrogen-bond acceptors (Lipinski definition) is 4. The van der Waals surface area contributed by atoms with Gasteiger partial charge in [-0.2, -0.15) is 0 Å². The van der Waals surface area contributed by atoms with E-state index >= 15 is 0 Å². The highest BCUT2D eigenvalue weighted by molar-refractivity contribution is 5.33. The molecular formula is C13H24N4. The van der Waals surface area contributed by atoms with Gasteiger partial charge >= 0.3 is 0 Å². The molecule has 1 rings (SSSR count). The molecule has 0 fully saturated rings. The summed E-state index contributed by atoms with van der Waals surface area (Å²) in [7, 11) is 0. The minimum Gasteiger partial charge on any atom is -0.338 e. The van der Waals surface area contributed by atoms with Crippen molar-refractivity contribution in [2.24, 2.45) is 11.7 Å². The third-order valence-electron chi connectivity index (χ3n) is 2.55. The van der Waals surface area contributed by atoms with E-state index in [0.717, 1.165) is 23.9 Å². The SMILES string of the molecule is Cc1cc(CN)nc(N(CC(C)C)C(C)C)n1. The van der Waals surface area contributed by atoms with Gasteiger partial charge in [-0.3, -0.25) is 0 Å². The number of hydrogen-bond donors (Lipinski definition) is 1. The number of anilines is 1. The molecule has 1 aromatic rings. The van der Waals surface area contributed by atoms with E-state index in [4.69, 9.17) is 5.73 Å². The Morgan fingerprint density at radius 3 is 2.35 bits per heavy atom. The Morgan fingerprint density at radius 1 is 1.24 bits per heavy atom. The summed E-state index contributed by atoms with van der Waals surface area (Å²) in [6, 6.07) is 2.34. The summed E-state index contributed by atoms with van der Waals surface area (Å²) in [4.78, 5) is 11.3. The Labute approximate surface area is 104 Å². The number of rotatable bonds is 5. The summed E-state index contributed by atoms with van der Waals surface area (Å²) < 4.78 is 0. The van der Waals surface area contributed by atoms with Gasteiger partial charge in [-0.15, -0.1) is 0 Å². The van der Waals surface area contributed by atoms with Gasteiger partial charge in [0.25, 0.3) is 0 Å². The lowest BCUT2D eigenvalue weighted by Crippen LogP contribution is -2.36. The molecule has 0 spiro atoms.